The standard InChI is InChI=1S/C8H16N6O2S/c1-14-11-8(10-13-14)12-17(15,16)6-7-3-2-4-9-5-7/h7,9H,2-6H2,1H3,(H,11,12). The number of aryl methyl sites for hydroxylation is 1. The lowest BCUT2D eigenvalue weighted by Crippen LogP contribution is -2.35. The molecule has 17 heavy (non-hydrogen) atoms. The molecule has 0 aliphatic carbocycles. The van der Waals surface area contributed by atoms with Crippen molar-refractivity contribution in [2.24, 2.45) is 13.0 Å². The lowest BCUT2D eigenvalue weighted by atomic mass is 10.0. The first-order chi connectivity index (χ1) is 8.05. The van der Waals surface area contributed by atoms with Crippen molar-refractivity contribution in [3.8, 4) is 0 Å². The lowest BCUT2D eigenvalue weighted by molar-refractivity contribution is 0.404. The Morgan fingerprint density at radius 1 is 1.59 bits per heavy atom. The maximum absolute atomic E-state index is 11.8. The summed E-state index contributed by atoms with van der Waals surface area (Å²) in [7, 11) is -1.81. The third-order valence-corrected chi connectivity index (χ3v) is 4.01. The third kappa shape index (κ3) is 3.63. The van der Waals surface area contributed by atoms with Crippen molar-refractivity contribution < 1.29 is 8.42 Å². The first kappa shape index (κ1) is 12.2. The van der Waals surface area contributed by atoms with Gasteiger partial charge in [-0.15, -0.1) is 5.10 Å². The topological polar surface area (TPSA) is 102 Å². The van der Waals surface area contributed by atoms with E-state index in [0.29, 0.717) is 0 Å². The van der Waals surface area contributed by atoms with Crippen LogP contribution < -0.4 is 10.0 Å². The Labute approximate surface area is 99.8 Å². The molecule has 1 atom stereocenters. The molecular weight excluding hydrogens is 244 g/mol. The van der Waals surface area contributed by atoms with Gasteiger partial charge in [-0.2, -0.15) is 4.80 Å². The van der Waals surface area contributed by atoms with E-state index < -0.39 is 10.0 Å². The maximum atomic E-state index is 11.8. The number of hydrogen-bond donors (Lipinski definition) is 2. The van der Waals surface area contributed by atoms with E-state index in [4.69, 9.17) is 0 Å². The molecule has 0 radical (unpaired) electrons. The highest BCUT2D eigenvalue weighted by atomic mass is 32.2. The first-order valence-electron chi connectivity index (χ1n) is 5.50. The SMILES string of the molecule is Cn1nnc(NS(=O)(=O)CC2CCCNC2)n1. The van der Waals surface area contributed by atoms with Crippen LogP contribution >= 0.6 is 0 Å². The molecule has 1 fully saturated rings. The van der Waals surface area contributed by atoms with Crippen LogP contribution in [-0.2, 0) is 17.1 Å². The van der Waals surface area contributed by atoms with Gasteiger partial charge in [-0.3, -0.25) is 0 Å². The Bertz CT molecular complexity index is 464. The Hall–Kier alpha value is -1.22. The van der Waals surface area contributed by atoms with Gasteiger partial charge in [0.25, 0.3) is 5.95 Å². The molecule has 0 aromatic carbocycles. The zero-order chi connectivity index (χ0) is 12.3. The largest absolute Gasteiger partial charge is 0.316 e. The summed E-state index contributed by atoms with van der Waals surface area (Å²) in [5, 5.41) is 14.1. The van der Waals surface area contributed by atoms with Gasteiger partial charge in [0.1, 0.15) is 0 Å². The van der Waals surface area contributed by atoms with Crippen molar-refractivity contribution in [2.45, 2.75) is 12.8 Å². The molecule has 1 aromatic rings. The second-order valence-electron chi connectivity index (χ2n) is 4.20. The molecule has 0 saturated carbocycles. The fourth-order valence-electron chi connectivity index (χ4n) is 1.88. The summed E-state index contributed by atoms with van der Waals surface area (Å²) in [6, 6.07) is 0. The molecule has 1 unspecified atom stereocenters. The Morgan fingerprint density at radius 3 is 3.00 bits per heavy atom. The fraction of sp³-hybridized carbons (Fsp3) is 0.875. The Balaban J connectivity index is 1.94. The molecule has 0 spiro atoms. The van der Waals surface area contributed by atoms with Crippen molar-refractivity contribution in [1.29, 1.82) is 0 Å². The monoisotopic (exact) mass is 260 g/mol. The molecule has 1 aliphatic heterocycles. The number of rotatable bonds is 4. The van der Waals surface area contributed by atoms with Gasteiger partial charge in [0.05, 0.1) is 12.8 Å². The number of tetrazole rings is 1. The number of nitrogens with one attached hydrogen (secondary N) is 2. The fourth-order valence-corrected chi connectivity index (χ4v) is 3.23. The smallest absolute Gasteiger partial charge is 0.276 e. The van der Waals surface area contributed by atoms with Crippen LogP contribution in [0.2, 0.25) is 0 Å². The van der Waals surface area contributed by atoms with Gasteiger partial charge in [0.2, 0.25) is 10.0 Å². The van der Waals surface area contributed by atoms with E-state index in [-0.39, 0.29) is 17.6 Å². The number of anilines is 1. The van der Waals surface area contributed by atoms with Gasteiger partial charge in [0.15, 0.2) is 0 Å². The second-order valence-corrected chi connectivity index (χ2v) is 5.97. The summed E-state index contributed by atoms with van der Waals surface area (Å²) >= 11 is 0. The highest BCUT2D eigenvalue weighted by Gasteiger charge is 2.22. The summed E-state index contributed by atoms with van der Waals surface area (Å²) in [4.78, 5) is 1.21. The van der Waals surface area contributed by atoms with Gasteiger partial charge < -0.3 is 5.32 Å². The van der Waals surface area contributed by atoms with Crippen molar-refractivity contribution in [3.05, 3.63) is 0 Å². The minimum Gasteiger partial charge on any atom is -0.316 e. The molecule has 0 amide bonds. The normalized spacial score (nSPS) is 21.4. The summed E-state index contributed by atoms with van der Waals surface area (Å²) in [5.41, 5.74) is 0. The highest BCUT2D eigenvalue weighted by Crippen LogP contribution is 2.13. The van der Waals surface area contributed by atoms with Crippen molar-refractivity contribution in [1.82, 2.24) is 25.5 Å². The average Bonchev–Trinajstić information content (AvgIpc) is 2.63. The molecule has 0 bridgehead atoms. The molecule has 2 rings (SSSR count). The van der Waals surface area contributed by atoms with Crippen molar-refractivity contribution in [2.75, 3.05) is 23.6 Å². The molecule has 8 nitrogen and oxygen atoms in total. The van der Waals surface area contributed by atoms with Crippen LogP contribution in [0.5, 0.6) is 0 Å². The lowest BCUT2D eigenvalue weighted by Gasteiger charge is -2.22. The number of sulfonamides is 1. The van der Waals surface area contributed by atoms with Crippen LogP contribution in [0.3, 0.4) is 0 Å². The molecule has 1 aromatic heterocycles. The highest BCUT2D eigenvalue weighted by molar-refractivity contribution is 7.92. The molecule has 1 saturated heterocycles. The average molecular weight is 260 g/mol. The number of aromatic nitrogens is 4. The van der Waals surface area contributed by atoms with Crippen molar-refractivity contribution in [3.63, 3.8) is 0 Å². The zero-order valence-corrected chi connectivity index (χ0v) is 10.4. The number of nitrogens with zero attached hydrogens (tertiary/aromatic N) is 4. The van der Waals surface area contributed by atoms with Crippen LogP contribution in [0.1, 0.15) is 12.8 Å². The van der Waals surface area contributed by atoms with Crippen LogP contribution in [0.25, 0.3) is 0 Å². The summed E-state index contributed by atoms with van der Waals surface area (Å²) < 4.78 is 26.0. The molecule has 96 valence electrons. The van der Waals surface area contributed by atoms with E-state index >= 15 is 0 Å². The quantitative estimate of drug-likeness (QED) is 0.716. The molecule has 1 aliphatic rings. The molecule has 2 heterocycles. The van der Waals surface area contributed by atoms with Crippen LogP contribution in [0.15, 0.2) is 0 Å². The van der Waals surface area contributed by atoms with E-state index in [0.717, 1.165) is 25.9 Å². The van der Waals surface area contributed by atoms with Gasteiger partial charge in [-0.1, -0.05) is 5.10 Å². The molecule has 9 heteroatoms. The Kier molecular flexibility index (Phi) is 3.57. The van der Waals surface area contributed by atoms with Gasteiger partial charge >= 0.3 is 0 Å². The first-order valence-corrected chi connectivity index (χ1v) is 7.15. The van der Waals surface area contributed by atoms with Crippen LogP contribution in [-0.4, -0.2) is 47.5 Å². The van der Waals surface area contributed by atoms with Gasteiger partial charge in [-0.25, -0.2) is 13.1 Å². The molecular formula is C8H16N6O2S. The predicted molar refractivity (Wildman–Crippen MR) is 61.8 cm³/mol. The zero-order valence-electron chi connectivity index (χ0n) is 9.63. The third-order valence-electron chi connectivity index (χ3n) is 2.61. The minimum atomic E-state index is -3.39. The van der Waals surface area contributed by atoms with Crippen LogP contribution in [0, 0.1) is 5.92 Å². The Morgan fingerprint density at radius 2 is 2.41 bits per heavy atom. The second kappa shape index (κ2) is 4.96. The van der Waals surface area contributed by atoms with Crippen molar-refractivity contribution >= 4 is 16.0 Å². The van der Waals surface area contributed by atoms with E-state index in [1.54, 1.807) is 7.05 Å². The van der Waals surface area contributed by atoms with Gasteiger partial charge in [-0.05, 0) is 37.1 Å². The number of hydrogen-bond acceptors (Lipinski definition) is 6. The molecule has 2 N–H and O–H groups in total. The van der Waals surface area contributed by atoms with E-state index in [1.807, 2.05) is 0 Å². The van der Waals surface area contributed by atoms with Crippen LogP contribution in [0.4, 0.5) is 5.95 Å². The van der Waals surface area contributed by atoms with E-state index in [9.17, 15) is 8.42 Å². The minimum absolute atomic E-state index is 0.0243. The predicted octanol–water partition coefficient (Wildman–Crippen LogP) is -1.05. The van der Waals surface area contributed by atoms with E-state index in [1.165, 1.54) is 4.80 Å². The summed E-state index contributed by atoms with van der Waals surface area (Å²) in [6.07, 6.45) is 1.95. The summed E-state index contributed by atoms with van der Waals surface area (Å²) in [6.45, 7) is 1.71. The number of piperidine rings is 1. The maximum Gasteiger partial charge on any atom is 0.276 e. The van der Waals surface area contributed by atoms with E-state index in [2.05, 4.69) is 25.4 Å². The van der Waals surface area contributed by atoms with Gasteiger partial charge in [0, 0.05) is 0 Å². The summed E-state index contributed by atoms with van der Waals surface area (Å²) in [5.74, 6) is 0.271.